The molecule has 0 spiro atoms. The quantitative estimate of drug-likeness (QED) is 0.141. The maximum Gasteiger partial charge on any atom is 0.335 e. The molecule has 0 N–H and O–H groups in total. The van der Waals surface area contributed by atoms with Crippen LogP contribution in [0.2, 0.25) is 0 Å². The summed E-state index contributed by atoms with van der Waals surface area (Å²) < 4.78 is 17.2. The van der Waals surface area contributed by atoms with Crippen LogP contribution in [0, 0.1) is 11.8 Å². The first-order valence-corrected chi connectivity index (χ1v) is 14.7. The Morgan fingerprint density at radius 3 is 2.22 bits per heavy atom. The molecular formula is C36H26N2O7. The Morgan fingerprint density at radius 1 is 0.733 bits per heavy atom. The average Bonchev–Trinajstić information content (AvgIpc) is 3.57. The van der Waals surface area contributed by atoms with Gasteiger partial charge in [0.05, 0.1) is 23.6 Å². The van der Waals surface area contributed by atoms with Gasteiger partial charge in [0.2, 0.25) is 11.8 Å². The number of carbonyl (C=O) groups is 4. The summed E-state index contributed by atoms with van der Waals surface area (Å²) in [5, 5.41) is 0. The number of para-hydroxylation sites is 1. The molecular weight excluding hydrogens is 572 g/mol. The Kier molecular flexibility index (Phi) is 6.26. The summed E-state index contributed by atoms with van der Waals surface area (Å²) >= 11 is 0. The molecule has 0 radical (unpaired) electrons. The van der Waals surface area contributed by atoms with Crippen molar-refractivity contribution in [1.29, 1.82) is 0 Å². The normalized spacial score (nSPS) is 22.5. The van der Waals surface area contributed by atoms with Crippen LogP contribution < -0.4 is 24.0 Å². The van der Waals surface area contributed by atoms with Gasteiger partial charge in [0.15, 0.2) is 17.3 Å². The molecule has 9 heteroatoms. The first-order chi connectivity index (χ1) is 22.0. The highest BCUT2D eigenvalue weighted by Crippen LogP contribution is 2.50. The fourth-order valence-electron chi connectivity index (χ4n) is 6.82. The monoisotopic (exact) mass is 598 g/mol. The molecule has 0 aliphatic carbocycles. The highest BCUT2D eigenvalue weighted by Gasteiger charge is 2.65. The van der Waals surface area contributed by atoms with Crippen LogP contribution >= 0.6 is 0 Å². The number of hydrogen-bond donors (Lipinski definition) is 0. The average molecular weight is 599 g/mol. The smallest absolute Gasteiger partial charge is 0.335 e. The van der Waals surface area contributed by atoms with Gasteiger partial charge >= 0.3 is 5.97 Å². The SMILES string of the molecule is O=C(c1ccccc1)c1ccc(OC(=O)[C@H]2[C@@H]3C(=O)N(c4ccc5c(c4)OCCO5)C(=O)[C@@H]3[C@H]3C=Cc4ccccc4N32)cc1. The Morgan fingerprint density at radius 2 is 1.42 bits per heavy atom. The molecule has 2 fully saturated rings. The number of hydrogen-bond acceptors (Lipinski definition) is 8. The third-order valence-electron chi connectivity index (χ3n) is 8.81. The summed E-state index contributed by atoms with van der Waals surface area (Å²) in [6.45, 7) is 0.777. The Bertz CT molecular complexity index is 1900. The predicted octanol–water partition coefficient (Wildman–Crippen LogP) is 4.68. The molecule has 0 unspecified atom stereocenters. The summed E-state index contributed by atoms with van der Waals surface area (Å²) in [7, 11) is 0. The third kappa shape index (κ3) is 4.30. The van der Waals surface area contributed by atoms with E-state index in [-0.39, 0.29) is 17.4 Å². The fraction of sp³-hybridized carbons (Fsp3) is 0.167. The number of ketones is 1. The summed E-state index contributed by atoms with van der Waals surface area (Å²) in [4.78, 5) is 58.2. The van der Waals surface area contributed by atoms with E-state index in [0.29, 0.717) is 41.5 Å². The highest BCUT2D eigenvalue weighted by atomic mass is 16.6. The van der Waals surface area contributed by atoms with E-state index in [1.807, 2.05) is 47.4 Å². The molecule has 4 aromatic rings. The van der Waals surface area contributed by atoms with Crippen molar-refractivity contribution in [1.82, 2.24) is 0 Å². The summed E-state index contributed by atoms with van der Waals surface area (Å²) in [6, 6.07) is 26.1. The summed E-state index contributed by atoms with van der Waals surface area (Å²) in [5.41, 5.74) is 2.98. The van der Waals surface area contributed by atoms with Crippen LogP contribution in [0.25, 0.3) is 6.08 Å². The van der Waals surface area contributed by atoms with Gasteiger partial charge < -0.3 is 19.1 Å². The molecule has 2 saturated heterocycles. The molecule has 0 saturated carbocycles. The summed E-state index contributed by atoms with van der Waals surface area (Å²) in [6.07, 6.45) is 3.81. The topological polar surface area (TPSA) is 102 Å². The molecule has 222 valence electrons. The van der Waals surface area contributed by atoms with Crippen molar-refractivity contribution in [2.75, 3.05) is 23.0 Å². The predicted molar refractivity (Wildman–Crippen MR) is 164 cm³/mol. The van der Waals surface area contributed by atoms with Crippen molar-refractivity contribution in [2.24, 2.45) is 11.8 Å². The van der Waals surface area contributed by atoms with Crippen molar-refractivity contribution in [3.05, 3.63) is 120 Å². The van der Waals surface area contributed by atoms with E-state index in [0.717, 1.165) is 16.2 Å². The second kappa shape index (κ2) is 10.5. The lowest BCUT2D eigenvalue weighted by atomic mass is 9.89. The minimum atomic E-state index is -1.07. The lowest BCUT2D eigenvalue weighted by Gasteiger charge is -2.36. The Hall–Kier alpha value is -5.70. The molecule has 8 rings (SSSR count). The van der Waals surface area contributed by atoms with Crippen molar-refractivity contribution in [3.63, 3.8) is 0 Å². The Balaban J connectivity index is 1.13. The number of carbonyl (C=O) groups excluding carboxylic acids is 4. The van der Waals surface area contributed by atoms with Crippen LogP contribution in [0.4, 0.5) is 11.4 Å². The number of esters is 1. The van der Waals surface area contributed by atoms with Crippen molar-refractivity contribution >= 4 is 41.0 Å². The van der Waals surface area contributed by atoms with Gasteiger partial charge in [-0.15, -0.1) is 0 Å². The van der Waals surface area contributed by atoms with Crippen molar-refractivity contribution in [2.45, 2.75) is 12.1 Å². The van der Waals surface area contributed by atoms with Gasteiger partial charge in [-0.05, 0) is 48.0 Å². The van der Waals surface area contributed by atoms with Crippen LogP contribution in [0.1, 0.15) is 21.5 Å². The van der Waals surface area contributed by atoms with E-state index in [2.05, 4.69) is 0 Å². The molecule has 4 aliphatic rings. The van der Waals surface area contributed by atoms with Crippen molar-refractivity contribution < 1.29 is 33.4 Å². The zero-order chi connectivity index (χ0) is 30.7. The van der Waals surface area contributed by atoms with Gasteiger partial charge in [0, 0.05) is 22.9 Å². The number of benzene rings is 4. The van der Waals surface area contributed by atoms with E-state index in [9.17, 15) is 19.2 Å². The molecule has 45 heavy (non-hydrogen) atoms. The van der Waals surface area contributed by atoms with E-state index in [1.54, 1.807) is 66.7 Å². The Labute approximate surface area is 258 Å². The van der Waals surface area contributed by atoms with E-state index >= 15 is 0 Å². The molecule has 0 bridgehead atoms. The van der Waals surface area contributed by atoms with E-state index in [4.69, 9.17) is 14.2 Å². The lowest BCUT2D eigenvalue weighted by molar-refractivity contribution is -0.139. The number of nitrogens with zero attached hydrogens (tertiary/aromatic N) is 2. The first kappa shape index (κ1) is 26.9. The molecule has 4 heterocycles. The van der Waals surface area contributed by atoms with Crippen LogP contribution in [-0.2, 0) is 14.4 Å². The van der Waals surface area contributed by atoms with Crippen molar-refractivity contribution in [3.8, 4) is 17.2 Å². The molecule has 0 aromatic heterocycles. The molecule has 4 aromatic carbocycles. The van der Waals surface area contributed by atoms with Gasteiger partial charge in [0.1, 0.15) is 25.0 Å². The zero-order valence-corrected chi connectivity index (χ0v) is 23.9. The number of ether oxygens (including phenoxy) is 3. The minimum Gasteiger partial charge on any atom is -0.486 e. The lowest BCUT2D eigenvalue weighted by Crippen LogP contribution is -2.50. The standard InChI is InChI=1S/C36H26N2O7/c39-33(22-7-2-1-3-8-22)23-10-14-25(15-11-23)45-36(42)32-31-30(27-16-12-21-6-4-5-9-26(21)38(27)32)34(40)37(35(31)41)24-13-17-28-29(20-24)44-19-18-43-28/h1-17,20,27,30-32H,18-19H2/t27-,30-,31-,32-/m1/s1. The second-order valence-electron chi connectivity index (χ2n) is 11.3. The molecule has 2 amide bonds. The fourth-order valence-corrected chi connectivity index (χ4v) is 6.82. The summed E-state index contributed by atoms with van der Waals surface area (Å²) in [5.74, 6) is -2.25. The van der Waals surface area contributed by atoms with Crippen LogP contribution in [0.5, 0.6) is 17.2 Å². The third-order valence-corrected chi connectivity index (χ3v) is 8.81. The highest BCUT2D eigenvalue weighted by molar-refractivity contribution is 6.24. The van der Waals surface area contributed by atoms with Gasteiger partial charge in [-0.1, -0.05) is 60.7 Å². The number of fused-ring (bicyclic) bond motifs is 6. The molecule has 9 nitrogen and oxygen atoms in total. The number of amides is 2. The first-order valence-electron chi connectivity index (χ1n) is 14.7. The van der Waals surface area contributed by atoms with Gasteiger partial charge in [-0.3, -0.25) is 14.4 Å². The zero-order valence-electron chi connectivity index (χ0n) is 23.9. The number of rotatable bonds is 5. The maximum atomic E-state index is 14.2. The minimum absolute atomic E-state index is 0.152. The molecule has 4 atom stereocenters. The molecule has 4 aliphatic heterocycles. The number of anilines is 2. The van der Waals surface area contributed by atoms with Gasteiger partial charge in [-0.25, -0.2) is 9.69 Å². The van der Waals surface area contributed by atoms with Gasteiger partial charge in [-0.2, -0.15) is 0 Å². The number of imide groups is 1. The van der Waals surface area contributed by atoms with Crippen LogP contribution in [-0.4, -0.2) is 48.9 Å². The largest absolute Gasteiger partial charge is 0.486 e. The van der Waals surface area contributed by atoms with E-state index < -0.39 is 35.8 Å². The van der Waals surface area contributed by atoms with Crippen LogP contribution in [0.15, 0.2) is 103 Å². The second-order valence-corrected chi connectivity index (χ2v) is 11.3. The van der Waals surface area contributed by atoms with Gasteiger partial charge in [0.25, 0.3) is 0 Å². The van der Waals surface area contributed by atoms with Crippen LogP contribution in [0.3, 0.4) is 0 Å². The van der Waals surface area contributed by atoms with E-state index in [1.165, 1.54) is 0 Å². The maximum absolute atomic E-state index is 14.2.